The van der Waals surface area contributed by atoms with Crippen molar-refractivity contribution >= 4 is 39.3 Å². The van der Waals surface area contributed by atoms with Crippen molar-refractivity contribution in [3.63, 3.8) is 0 Å². The summed E-state index contributed by atoms with van der Waals surface area (Å²) in [4.78, 5) is 35.6. The van der Waals surface area contributed by atoms with Crippen LogP contribution in [0.3, 0.4) is 0 Å². The van der Waals surface area contributed by atoms with E-state index in [0.29, 0.717) is 29.1 Å². The first-order valence-electron chi connectivity index (χ1n) is 16.2. The second-order valence-electron chi connectivity index (χ2n) is 12.3. The van der Waals surface area contributed by atoms with E-state index in [-0.39, 0.29) is 25.0 Å². The van der Waals surface area contributed by atoms with Crippen molar-refractivity contribution in [1.29, 1.82) is 0 Å². The fourth-order valence-electron chi connectivity index (χ4n) is 6.56. The van der Waals surface area contributed by atoms with E-state index in [4.69, 9.17) is 0 Å². The summed E-state index contributed by atoms with van der Waals surface area (Å²) in [5.74, 6) is -0.311. The number of hydrogen-bond donors (Lipinski definition) is 4. The molecule has 4 N–H and O–H groups in total. The number of nitrogens with one attached hydrogen (secondary N) is 2. The molecule has 248 valence electrons. The highest BCUT2D eigenvalue weighted by Gasteiger charge is 2.46. The smallest absolute Gasteiger partial charge is 0.321 e. The van der Waals surface area contributed by atoms with E-state index in [9.17, 15) is 15.0 Å². The Kier molecular flexibility index (Phi) is 9.47. The van der Waals surface area contributed by atoms with Gasteiger partial charge in [0.15, 0.2) is 5.13 Å². The van der Waals surface area contributed by atoms with E-state index in [1.807, 2.05) is 84.9 Å². The monoisotopic (exact) mass is 672 g/mol. The van der Waals surface area contributed by atoms with Crippen LogP contribution in [0.1, 0.15) is 32.6 Å². The van der Waals surface area contributed by atoms with Gasteiger partial charge in [-0.05, 0) is 59.4 Å². The maximum absolute atomic E-state index is 15.0. The van der Waals surface area contributed by atoms with E-state index in [0.717, 1.165) is 27.6 Å². The van der Waals surface area contributed by atoms with Gasteiger partial charge in [0.1, 0.15) is 12.2 Å². The van der Waals surface area contributed by atoms with Crippen LogP contribution in [0.2, 0.25) is 0 Å². The molecule has 0 radical (unpaired) electrons. The molecule has 1 saturated heterocycles. The minimum Gasteiger partial charge on any atom is -0.388 e. The highest BCUT2D eigenvalue weighted by atomic mass is 32.1. The van der Waals surface area contributed by atoms with Crippen molar-refractivity contribution in [3.05, 3.63) is 149 Å². The molecule has 2 aromatic heterocycles. The number of hydrogen-bond acceptors (Lipinski definition) is 7. The van der Waals surface area contributed by atoms with Crippen LogP contribution in [0, 0.1) is 0 Å². The molecular formula is C38H36N6O4S. The molecule has 1 aliphatic heterocycles. The predicted octanol–water partition coefficient (Wildman–Crippen LogP) is 5.65. The number of carbonyl (C=O) groups excluding carboxylic acids is 2. The van der Waals surface area contributed by atoms with Crippen molar-refractivity contribution in [2.75, 3.05) is 5.32 Å². The number of urea groups is 1. The number of H-pyrrole nitrogens is 1. The number of carbonyl (C=O) groups is 2. The van der Waals surface area contributed by atoms with Crippen molar-refractivity contribution in [1.82, 2.24) is 25.0 Å². The molecule has 0 spiro atoms. The number of anilines is 1. The van der Waals surface area contributed by atoms with Gasteiger partial charge in [-0.2, -0.15) is 5.10 Å². The number of fused-ring (bicyclic) bond motifs is 1. The third-order valence-corrected chi connectivity index (χ3v) is 9.75. The molecule has 7 rings (SSSR count). The van der Waals surface area contributed by atoms with Gasteiger partial charge in [0, 0.05) is 35.6 Å². The van der Waals surface area contributed by atoms with Gasteiger partial charge in [-0.25, -0.2) is 9.78 Å². The van der Waals surface area contributed by atoms with Gasteiger partial charge in [-0.15, -0.1) is 11.3 Å². The van der Waals surface area contributed by atoms with Gasteiger partial charge in [0.05, 0.1) is 23.8 Å². The molecule has 10 nitrogen and oxygen atoms in total. The Labute approximate surface area is 287 Å². The molecule has 3 heterocycles. The lowest BCUT2D eigenvalue weighted by atomic mass is 9.91. The molecule has 4 aromatic carbocycles. The van der Waals surface area contributed by atoms with Crippen molar-refractivity contribution in [2.45, 2.75) is 50.2 Å². The van der Waals surface area contributed by atoms with Gasteiger partial charge in [0.2, 0.25) is 0 Å². The lowest BCUT2D eigenvalue weighted by Crippen LogP contribution is -2.50. The predicted molar refractivity (Wildman–Crippen MR) is 189 cm³/mol. The number of benzene rings is 4. The SMILES string of the molecule is O=C(Nc1nccs1)c1cccc(CN2C(=O)N(Cc3ccc4[nH]ncc4c3)C(Cc3ccccc3)C(O)C(O)C2Cc2ccccc2)c1. The summed E-state index contributed by atoms with van der Waals surface area (Å²) in [6, 6.07) is 30.5. The van der Waals surface area contributed by atoms with Crippen LogP contribution < -0.4 is 5.32 Å². The lowest BCUT2D eigenvalue weighted by Gasteiger charge is -2.36. The maximum Gasteiger partial charge on any atom is 0.321 e. The van der Waals surface area contributed by atoms with Crippen LogP contribution in [0.5, 0.6) is 0 Å². The number of aliphatic hydroxyl groups is 2. The first-order chi connectivity index (χ1) is 23.9. The zero-order valence-corrected chi connectivity index (χ0v) is 27.4. The molecule has 0 saturated carbocycles. The van der Waals surface area contributed by atoms with E-state index < -0.39 is 24.3 Å². The largest absolute Gasteiger partial charge is 0.388 e. The Morgan fingerprint density at radius 1 is 0.776 bits per heavy atom. The first kappa shape index (κ1) is 32.2. The summed E-state index contributed by atoms with van der Waals surface area (Å²) in [5.41, 5.74) is 4.74. The van der Waals surface area contributed by atoms with Crippen molar-refractivity contribution in [3.8, 4) is 0 Å². The van der Waals surface area contributed by atoms with Gasteiger partial charge < -0.3 is 20.0 Å². The average molecular weight is 673 g/mol. The molecule has 1 aliphatic rings. The summed E-state index contributed by atoms with van der Waals surface area (Å²) in [6.45, 7) is 0.305. The summed E-state index contributed by atoms with van der Waals surface area (Å²) >= 11 is 1.33. The standard InChI is InChI=1S/C38H36N6O4S/c45-34-32(20-25-8-3-1-4-9-25)43(23-27-12-7-13-29(18-27)36(47)41-37-39-16-17-49-37)38(48)44(24-28-14-15-31-30(19-28)22-40-42-31)33(35(34)46)21-26-10-5-2-6-11-26/h1-19,22,32-35,45-46H,20-21,23-24H2,(H,40,42)(H,39,41,47). The molecule has 3 amide bonds. The Hall–Kier alpha value is -5.36. The van der Waals surface area contributed by atoms with Crippen LogP contribution in [0.25, 0.3) is 10.9 Å². The van der Waals surface area contributed by atoms with Gasteiger partial charge in [-0.1, -0.05) is 78.9 Å². The quantitative estimate of drug-likeness (QED) is 0.149. The number of aromatic amines is 1. The zero-order chi connectivity index (χ0) is 33.7. The Morgan fingerprint density at radius 2 is 1.39 bits per heavy atom. The summed E-state index contributed by atoms with van der Waals surface area (Å²) in [5, 5.41) is 37.1. The van der Waals surface area contributed by atoms with E-state index in [1.54, 1.807) is 45.8 Å². The van der Waals surface area contributed by atoms with Crippen molar-refractivity contribution in [2.24, 2.45) is 0 Å². The molecule has 4 unspecified atom stereocenters. The molecule has 0 aliphatic carbocycles. The van der Waals surface area contributed by atoms with E-state index in [1.165, 1.54) is 11.3 Å². The number of aliphatic hydroxyl groups excluding tert-OH is 2. The highest BCUT2D eigenvalue weighted by molar-refractivity contribution is 7.13. The first-order valence-corrected chi connectivity index (χ1v) is 17.0. The Balaban J connectivity index is 1.28. The third-order valence-electron chi connectivity index (χ3n) is 9.06. The highest BCUT2D eigenvalue weighted by Crippen LogP contribution is 2.30. The fraction of sp³-hybridized carbons (Fsp3) is 0.211. The van der Waals surface area contributed by atoms with Gasteiger partial charge >= 0.3 is 6.03 Å². The minimum atomic E-state index is -1.27. The molecule has 1 fully saturated rings. The topological polar surface area (TPSA) is 135 Å². The Bertz CT molecular complexity index is 2020. The number of thiazole rings is 1. The van der Waals surface area contributed by atoms with Crippen LogP contribution >= 0.6 is 11.3 Å². The van der Waals surface area contributed by atoms with Crippen molar-refractivity contribution < 1.29 is 19.8 Å². The van der Waals surface area contributed by atoms with Gasteiger partial charge in [-0.3, -0.25) is 15.2 Å². The third kappa shape index (κ3) is 7.24. The van der Waals surface area contributed by atoms with E-state index in [2.05, 4.69) is 20.5 Å². The number of aromatic nitrogens is 3. The zero-order valence-electron chi connectivity index (χ0n) is 26.6. The minimum absolute atomic E-state index is 0.105. The normalized spacial score (nSPS) is 19.6. The molecule has 6 aromatic rings. The second kappa shape index (κ2) is 14.4. The van der Waals surface area contributed by atoms with Crippen LogP contribution in [0.15, 0.2) is 121 Å². The molecule has 0 bridgehead atoms. The van der Waals surface area contributed by atoms with Crippen LogP contribution in [0.4, 0.5) is 9.93 Å². The molecule has 4 atom stereocenters. The van der Waals surface area contributed by atoms with E-state index >= 15 is 4.79 Å². The fourth-order valence-corrected chi connectivity index (χ4v) is 7.09. The second-order valence-corrected chi connectivity index (χ2v) is 13.2. The maximum atomic E-state index is 15.0. The average Bonchev–Trinajstić information content (AvgIpc) is 3.82. The Morgan fingerprint density at radius 3 is 2.00 bits per heavy atom. The lowest BCUT2D eigenvalue weighted by molar-refractivity contribution is -0.0408. The number of rotatable bonds is 10. The summed E-state index contributed by atoms with van der Waals surface area (Å²) < 4.78 is 0. The van der Waals surface area contributed by atoms with Crippen LogP contribution in [-0.4, -0.2) is 71.4 Å². The summed E-state index contributed by atoms with van der Waals surface area (Å²) in [6.07, 6.45) is 1.51. The number of nitrogens with zero attached hydrogens (tertiary/aromatic N) is 4. The van der Waals surface area contributed by atoms with Gasteiger partial charge in [0.25, 0.3) is 5.91 Å². The van der Waals surface area contributed by atoms with Crippen LogP contribution in [-0.2, 0) is 25.9 Å². The number of amides is 3. The molecule has 11 heteroatoms. The molecule has 49 heavy (non-hydrogen) atoms. The summed E-state index contributed by atoms with van der Waals surface area (Å²) in [7, 11) is 0. The molecular weight excluding hydrogens is 637 g/mol.